The monoisotopic (exact) mass is 1960 g/mol. The predicted molar refractivity (Wildman–Crippen MR) is 477 cm³/mol. The molecule has 37 nitrogen and oxygen atoms in total. The van der Waals surface area contributed by atoms with E-state index in [2.05, 4.69) is 45.5 Å². The van der Waals surface area contributed by atoms with E-state index in [9.17, 15) is 9.59 Å². The van der Waals surface area contributed by atoms with E-state index in [1.165, 1.54) is 14.0 Å². The van der Waals surface area contributed by atoms with E-state index < -0.39 is 149 Å². The standard InChI is InChI=1S/C17H37BO8P2.C16H38O6P2Si.C12H26O9P2.C12H26O8P2.C12H28O6P2S/c1-10-19-27(20-11-2)23-14(5)15(24-28(21-12-3)22-13-4)18-25-16(6,7)17(8,9)26-18;1-10-17-23(18-11-2)21-14-15(25(8,9)16(5,6)7)22-24(19-12-3)20-13-4;1-6-15-22(16-7-2)19-10-11(20-12(13)14-5)21-23(17-8-3)18-9-4;1-6-14-21(15-7-2)18-10-12(19-11(5)13)20-22(16-8-3)17-9-4;1-6-13-19(14-7-2)17-11-12(21-10-5)18-20(15-8-3)16-9-4/h14-15H,10-13H2,1-9H3;15H,10-14H2,1-9H3;11H,6-10H2,1-5H3;12H,6-10H2,1-5H3;12H,6-11H2,1-5H3. The Balaban J connectivity index is -0.000000697. The van der Waals surface area contributed by atoms with E-state index >= 15 is 0 Å². The molecule has 0 aromatic carbocycles. The molecule has 119 heavy (non-hydrogen) atoms. The molecule has 1 saturated heterocycles. The summed E-state index contributed by atoms with van der Waals surface area (Å²) in [4.78, 5) is 22.5. The topological polar surface area (TPSA) is 357 Å². The Kier molecular flexibility index (Phi) is 88.3. The van der Waals surface area contributed by atoms with Crippen LogP contribution in [0.2, 0.25) is 18.1 Å². The van der Waals surface area contributed by atoms with Gasteiger partial charge in [-0.2, -0.15) is 0 Å². The van der Waals surface area contributed by atoms with Crippen molar-refractivity contribution in [1.82, 2.24) is 0 Å². The van der Waals surface area contributed by atoms with Crippen LogP contribution in [0.4, 0.5) is 4.79 Å². The molecule has 1 aliphatic rings. The van der Waals surface area contributed by atoms with Crippen molar-refractivity contribution in [3.05, 3.63) is 0 Å². The number of methoxy groups -OCH3 is 1. The van der Waals surface area contributed by atoms with Crippen LogP contribution in [0.25, 0.3) is 0 Å². The minimum Gasteiger partial charge on any atom is -0.438 e. The van der Waals surface area contributed by atoms with Crippen LogP contribution in [-0.2, 0) is 164 Å². The second-order valence-electron chi connectivity index (χ2n) is 24.6. The highest BCUT2D eigenvalue weighted by Crippen LogP contribution is 2.53. The Hall–Kier alpha value is 2.39. The first-order valence-corrected chi connectivity index (χ1v) is 55.7. The molecular weight excluding hydrogens is 1800 g/mol. The highest BCUT2D eigenvalue weighted by molar-refractivity contribution is 7.99. The largest absolute Gasteiger partial charge is 0.510 e. The summed E-state index contributed by atoms with van der Waals surface area (Å²) < 4.78 is 194. The van der Waals surface area contributed by atoms with Gasteiger partial charge in [-0.1, -0.05) is 40.8 Å². The van der Waals surface area contributed by atoms with Gasteiger partial charge in [0.1, 0.15) is 24.7 Å². The lowest BCUT2D eigenvalue weighted by molar-refractivity contribution is -0.166. The minimum absolute atomic E-state index is 0.0374. The van der Waals surface area contributed by atoms with Gasteiger partial charge in [-0.05, 0) is 184 Å². The van der Waals surface area contributed by atoms with Crippen LogP contribution in [0.5, 0.6) is 0 Å². The normalized spacial score (nSPS) is 15.1. The lowest BCUT2D eigenvalue weighted by Gasteiger charge is -2.43. The molecule has 0 aromatic rings. The summed E-state index contributed by atoms with van der Waals surface area (Å²) in [6.45, 7) is 72.6. The van der Waals surface area contributed by atoms with Crippen molar-refractivity contribution in [3.8, 4) is 0 Å². The average Bonchev–Trinajstić information content (AvgIpc) is 1.67. The van der Waals surface area contributed by atoms with Gasteiger partial charge in [0.05, 0.1) is 184 Å². The maximum Gasteiger partial charge on any atom is 0.510 e. The molecule has 1 rings (SSSR count). The molecular formula is C69H155BO37P10SSi. The number of thioether (sulfide) groups is 1. The van der Waals surface area contributed by atoms with Crippen LogP contribution >= 0.6 is 97.8 Å². The Bertz CT molecular complexity index is 2200. The molecule has 0 spiro atoms. The summed E-state index contributed by atoms with van der Waals surface area (Å²) in [5, 5.41) is 0.139. The van der Waals surface area contributed by atoms with Gasteiger partial charge in [-0.15, -0.1) is 11.8 Å². The summed E-state index contributed by atoms with van der Waals surface area (Å²) in [5.74, 6) is 0.421. The zero-order chi connectivity index (χ0) is 91.1. The maximum atomic E-state index is 11.3. The third-order valence-corrected chi connectivity index (χ3v) is 34.5. The molecule has 1 heterocycles. The summed E-state index contributed by atoms with van der Waals surface area (Å²) in [7, 11) is -16.1. The van der Waals surface area contributed by atoms with E-state index in [0.29, 0.717) is 145 Å². The van der Waals surface area contributed by atoms with E-state index in [-0.39, 0.29) is 29.4 Å². The van der Waals surface area contributed by atoms with E-state index in [1.807, 2.05) is 159 Å². The van der Waals surface area contributed by atoms with Crippen molar-refractivity contribution in [2.24, 2.45) is 0 Å². The molecule has 0 N–H and O–H groups in total. The quantitative estimate of drug-likeness (QED) is 0.0236. The molecule has 6 unspecified atom stereocenters. The maximum absolute atomic E-state index is 11.3. The van der Waals surface area contributed by atoms with Crippen molar-refractivity contribution in [2.45, 2.75) is 273 Å². The Labute approximate surface area is 734 Å². The Morgan fingerprint density at radius 1 is 0.353 bits per heavy atom. The Morgan fingerprint density at radius 3 is 0.882 bits per heavy atom. The minimum atomic E-state index is -1.86. The second-order valence-corrected chi connectivity index (χ2v) is 43.5. The zero-order valence-electron chi connectivity index (χ0n) is 77.7. The molecule has 0 aromatic heterocycles. The smallest absolute Gasteiger partial charge is 0.438 e. The van der Waals surface area contributed by atoms with E-state index in [0.717, 1.165) is 5.75 Å². The van der Waals surface area contributed by atoms with Gasteiger partial charge in [0.15, 0.2) is 0 Å². The van der Waals surface area contributed by atoms with E-state index in [1.54, 1.807) is 25.6 Å². The summed E-state index contributed by atoms with van der Waals surface area (Å²) >= 11 is 1.64. The van der Waals surface area contributed by atoms with Gasteiger partial charge < -0.3 is 146 Å². The first-order valence-electron chi connectivity index (χ1n) is 40.6. The van der Waals surface area contributed by atoms with Crippen molar-refractivity contribution in [3.63, 3.8) is 0 Å². The van der Waals surface area contributed by atoms with Gasteiger partial charge in [0.2, 0.25) is 12.6 Å². The highest BCUT2D eigenvalue weighted by atomic mass is 32.2. The lowest BCUT2D eigenvalue weighted by atomic mass is 9.78. The van der Waals surface area contributed by atoms with Gasteiger partial charge in [-0.25, -0.2) is 4.79 Å². The molecule has 0 amide bonds. The molecule has 0 radical (unpaired) electrons. The van der Waals surface area contributed by atoms with Crippen molar-refractivity contribution in [1.29, 1.82) is 0 Å². The summed E-state index contributed by atoms with van der Waals surface area (Å²) in [6, 6.07) is -0.587. The fraction of sp³-hybridized carbons (Fsp3) is 0.971. The lowest BCUT2D eigenvalue weighted by Crippen LogP contribution is -2.52. The van der Waals surface area contributed by atoms with Crippen LogP contribution in [-0.4, -0.2) is 246 Å². The molecule has 1 aliphatic heterocycles. The molecule has 716 valence electrons. The van der Waals surface area contributed by atoms with Gasteiger partial charge in [0, 0.05) is 6.92 Å². The van der Waals surface area contributed by atoms with Crippen LogP contribution in [0.3, 0.4) is 0 Å². The number of hydrogen-bond acceptors (Lipinski definition) is 38. The van der Waals surface area contributed by atoms with Crippen LogP contribution in [0, 0.1) is 0 Å². The van der Waals surface area contributed by atoms with Gasteiger partial charge in [-0.3, -0.25) is 18.4 Å². The molecule has 0 saturated carbocycles. The SMILES string of the molecule is CCOP(OCC)OC(C)C(OP(OCC)OCC)B1OC(C)(C)C(C)(C)O1.CCOP(OCC)OCC(OC(=O)OC)OP(OCC)OCC.CCOP(OCC)OCC(OC(C)=O)OP(OCC)OCC.CCOP(OCC)OCC(OP(OCC)OCC)SCC.CCOP(OCC)OCC(OP(OCC)OCC)[Si](C)(C)C(C)(C)C. The molecule has 0 bridgehead atoms. The van der Waals surface area contributed by atoms with Gasteiger partial charge in [0.25, 0.3) is 0 Å². The van der Waals surface area contributed by atoms with E-state index in [4.69, 9.17) is 154 Å². The van der Waals surface area contributed by atoms with Gasteiger partial charge >= 0.3 is 105 Å². The summed E-state index contributed by atoms with van der Waals surface area (Å²) in [6.07, 6.45) is -3.37. The number of rotatable bonds is 71. The first-order chi connectivity index (χ1) is 56.6. The second kappa shape index (κ2) is 82.3. The third kappa shape index (κ3) is 64.8. The van der Waals surface area contributed by atoms with Crippen LogP contribution < -0.4 is 0 Å². The zero-order valence-corrected chi connectivity index (χ0v) is 88.5. The number of carbonyl (C=O) groups is 2. The van der Waals surface area contributed by atoms with Crippen molar-refractivity contribution >= 4 is 125 Å². The molecule has 50 heteroatoms. The number of carbonyl (C=O) groups excluding carboxylic acids is 2. The number of hydrogen-bond donors (Lipinski definition) is 0. The number of ether oxygens (including phenoxy) is 3. The highest BCUT2D eigenvalue weighted by Gasteiger charge is 2.57. The Morgan fingerprint density at radius 2 is 0.605 bits per heavy atom. The predicted octanol–water partition coefficient (Wildman–Crippen LogP) is 23.0. The molecule has 1 fully saturated rings. The third-order valence-electron chi connectivity index (χ3n) is 14.0. The fourth-order valence-corrected chi connectivity index (χ4v) is 20.6. The van der Waals surface area contributed by atoms with Crippen molar-refractivity contribution < 1.29 is 169 Å². The van der Waals surface area contributed by atoms with Crippen molar-refractivity contribution in [2.75, 3.05) is 171 Å². The molecule has 6 atom stereocenters. The summed E-state index contributed by atoms with van der Waals surface area (Å²) in [5.41, 5.74) is -1.24. The van der Waals surface area contributed by atoms with Crippen LogP contribution in [0.15, 0.2) is 0 Å². The molecule has 0 aliphatic carbocycles. The average molecular weight is 1960 g/mol. The fourth-order valence-electron chi connectivity index (χ4n) is 7.37. The number of esters is 1. The van der Waals surface area contributed by atoms with Crippen LogP contribution in [0.1, 0.15) is 208 Å². The first kappa shape index (κ1) is 128.